The monoisotopic (exact) mass is 2030 g/mol. The number of methoxy groups -OCH3 is 1. The minimum absolute atomic E-state index is 0.245. The van der Waals surface area contributed by atoms with Gasteiger partial charge in [0.05, 0.1) is 33.5 Å². The Morgan fingerprint density at radius 3 is 0.580 bits per heavy atom. The van der Waals surface area contributed by atoms with Crippen LogP contribution < -0.4 is 23.7 Å². The van der Waals surface area contributed by atoms with Crippen molar-refractivity contribution in [3.63, 3.8) is 0 Å². The molecular weight excluding hydrogens is 1860 g/mol. The number of halogens is 5. The molecule has 10 aromatic rings. The molecule has 5 saturated carbocycles. The standard InChI is InChI=1S/C30H39FO.C29H37FO.C28H35FO.C27H33FO.C26H31FO/c1-3-5-7-9-24-12-17-27(18-13-24)28-19-14-25(15-20-28)10-11-26-16-21-30(29(31)23-26)32-22-8-6-4-2;1-3-5-7-8-23-11-16-26(17-12-23)27-18-13-24(14-19-27)9-10-25-15-20-29(28(30)22-25)31-21-6-4-2;1-3-5-6-7-22-10-15-25(16-11-22)26-17-12-23(13-18-26)8-9-24-14-19-28(27(29)21-24)30-20-4-2;1-3-5-6-7-21-10-15-24(16-11-21)25-17-12-22(13-18-25)8-9-23-14-19-27(29-4-2)26(28)20-23;1-3-4-5-6-20-9-14-23(15-10-20)24-16-11-21(12-17-24)7-8-22-13-18-26(28-2)25(27)19-22/h14-16,19-21,23-24,27H,3-9,12-13,17-18,22H2,1-2H3;13-15,18-20,22-23,26H,3-8,11-12,16-17,21H2,1-2H3;12-14,17-19,21-22,25H,3-7,10-11,15-16,20H2,1-2H3;12-14,17-21,24H,3-7,10-11,15-16H2,1-2H3;11-13,16-20,23H,3-6,9-10,14-15H2,1-2H3/t24-,27-;23-,26-;22-,25-;21-,24-;20-,23-. The number of unbranched alkanes of at least 4 members (excludes halogenated alkanes) is 13. The summed E-state index contributed by atoms with van der Waals surface area (Å²) < 4.78 is 96.8. The van der Waals surface area contributed by atoms with Gasteiger partial charge < -0.3 is 23.7 Å². The lowest BCUT2D eigenvalue weighted by molar-refractivity contribution is 0.291. The Balaban J connectivity index is 0.000000178. The lowest BCUT2D eigenvalue weighted by atomic mass is 9.77. The fourth-order valence-corrected chi connectivity index (χ4v) is 22.0. The van der Waals surface area contributed by atoms with Gasteiger partial charge in [-0.1, -0.05) is 323 Å². The molecule has 15 rings (SSSR count). The SMILES string of the molecule is CCCCCOc1ccc(C#Cc2ccc([C@H]3CC[C@H](CCCCC)CC3)cc2)cc1F.CCCCC[C@H]1CC[C@H](c2ccc(C#Cc3ccc(OC)c(F)c3)cc2)CC1.CCCCC[C@H]1CC[C@H](c2ccc(C#Cc3ccc(OCC)c(F)c3)cc2)CC1.CCCCC[C@H]1CC[C@H](c2ccc(C#Cc3ccc(OCCC)c(F)c3)cc2)CC1.CCCCC[C@H]1CC[C@H](c2ccc(C#Cc3ccc(OCCCC)c(F)c3)cc2)CC1. The second kappa shape index (κ2) is 68.5. The highest BCUT2D eigenvalue weighted by molar-refractivity contribution is 5.52. The fraction of sp³-hybridized carbons (Fsp3) is 0.500. The highest BCUT2D eigenvalue weighted by atomic mass is 19.1. The van der Waals surface area contributed by atoms with Gasteiger partial charge in [0, 0.05) is 55.6 Å². The summed E-state index contributed by atoms with van der Waals surface area (Å²) in [5, 5.41) is 0. The summed E-state index contributed by atoms with van der Waals surface area (Å²) in [6.07, 6.45) is 60.5. The van der Waals surface area contributed by atoms with E-state index in [9.17, 15) is 22.0 Å². The molecule has 150 heavy (non-hydrogen) atoms. The van der Waals surface area contributed by atoms with Crippen LogP contribution in [0.1, 0.15) is 471 Å². The van der Waals surface area contributed by atoms with Gasteiger partial charge >= 0.3 is 0 Å². The van der Waals surface area contributed by atoms with Crippen LogP contribution in [0.3, 0.4) is 0 Å². The maximum Gasteiger partial charge on any atom is 0.166 e. The molecule has 0 atom stereocenters. The van der Waals surface area contributed by atoms with E-state index in [-0.39, 0.29) is 40.6 Å². The lowest BCUT2D eigenvalue weighted by Gasteiger charge is -2.29. The molecule has 800 valence electrons. The van der Waals surface area contributed by atoms with Gasteiger partial charge in [-0.2, -0.15) is 0 Å². The van der Waals surface area contributed by atoms with Gasteiger partial charge in [-0.25, -0.2) is 22.0 Å². The topological polar surface area (TPSA) is 46.2 Å². The van der Waals surface area contributed by atoms with Crippen LogP contribution in [0.5, 0.6) is 28.7 Å². The van der Waals surface area contributed by atoms with Crippen molar-refractivity contribution >= 4 is 0 Å². The zero-order chi connectivity index (χ0) is 106. The Hall–Kier alpha value is -11.4. The van der Waals surface area contributed by atoms with Crippen LogP contribution in [0.4, 0.5) is 22.0 Å². The lowest BCUT2D eigenvalue weighted by Crippen LogP contribution is -2.13. The second-order valence-electron chi connectivity index (χ2n) is 42.9. The largest absolute Gasteiger partial charge is 0.494 e. The van der Waals surface area contributed by atoms with Crippen molar-refractivity contribution in [2.75, 3.05) is 33.5 Å². The van der Waals surface area contributed by atoms with Crippen LogP contribution in [0.2, 0.25) is 0 Å². The van der Waals surface area contributed by atoms with Crippen molar-refractivity contribution in [3.05, 3.63) is 325 Å². The third-order valence-corrected chi connectivity index (χ3v) is 31.4. The predicted octanol–water partition coefficient (Wildman–Crippen LogP) is 39.3. The molecule has 10 aromatic carbocycles. The van der Waals surface area contributed by atoms with Gasteiger partial charge in [-0.15, -0.1) is 0 Å². The van der Waals surface area contributed by atoms with Crippen molar-refractivity contribution in [2.24, 2.45) is 29.6 Å². The molecule has 0 bridgehead atoms. The molecule has 0 unspecified atom stereocenters. The summed E-state index contributed by atoms with van der Waals surface area (Å²) in [5.74, 6) is 39.0. The molecular formula is C140H175F5O5. The summed E-state index contributed by atoms with van der Waals surface area (Å²) in [5.41, 5.74) is 15.4. The quantitative estimate of drug-likeness (QED) is 0.0218. The third-order valence-electron chi connectivity index (χ3n) is 31.4. The molecule has 0 N–H and O–H groups in total. The highest BCUT2D eigenvalue weighted by Gasteiger charge is 2.28. The van der Waals surface area contributed by atoms with Crippen LogP contribution in [-0.2, 0) is 0 Å². The van der Waals surface area contributed by atoms with Crippen LogP contribution in [-0.4, -0.2) is 33.5 Å². The zero-order valence-electron chi connectivity index (χ0n) is 92.8. The van der Waals surface area contributed by atoms with E-state index >= 15 is 0 Å². The fourth-order valence-electron chi connectivity index (χ4n) is 22.0. The van der Waals surface area contributed by atoms with E-state index in [0.29, 0.717) is 101 Å². The van der Waals surface area contributed by atoms with E-state index in [1.54, 1.807) is 42.5 Å². The Kier molecular flexibility index (Phi) is 54.3. The first-order chi connectivity index (χ1) is 73.5. The van der Waals surface area contributed by atoms with Gasteiger partial charge in [-0.05, 0) is 393 Å². The van der Waals surface area contributed by atoms with Crippen LogP contribution >= 0.6 is 0 Å². The molecule has 0 spiro atoms. The minimum Gasteiger partial charge on any atom is -0.494 e. The number of ether oxygens (including phenoxy) is 5. The molecule has 0 aliphatic heterocycles. The van der Waals surface area contributed by atoms with Gasteiger partial charge in [0.1, 0.15) is 0 Å². The van der Waals surface area contributed by atoms with Crippen LogP contribution in [0, 0.1) is 118 Å². The van der Waals surface area contributed by atoms with Crippen molar-refractivity contribution in [1.82, 2.24) is 0 Å². The van der Waals surface area contributed by atoms with Crippen molar-refractivity contribution < 1.29 is 45.6 Å². The molecule has 5 nitrogen and oxygen atoms in total. The van der Waals surface area contributed by atoms with E-state index in [1.807, 2.05) is 32.0 Å². The normalized spacial score (nSPS) is 18.5. The molecule has 10 heteroatoms. The maximum atomic E-state index is 14.3. The van der Waals surface area contributed by atoms with Crippen LogP contribution in [0.15, 0.2) is 212 Å². The number of benzene rings is 10. The maximum absolute atomic E-state index is 14.3. The van der Waals surface area contributed by atoms with Crippen molar-refractivity contribution in [1.29, 1.82) is 0 Å². The molecule has 0 aromatic heterocycles. The summed E-state index contributed by atoms with van der Waals surface area (Å²) in [6.45, 7) is 21.6. The number of hydrogen-bond donors (Lipinski definition) is 0. The Morgan fingerprint density at radius 1 is 0.193 bits per heavy atom. The molecule has 0 heterocycles. The average molecular weight is 2030 g/mol. The Labute approximate surface area is 903 Å². The van der Waals surface area contributed by atoms with E-state index in [1.165, 1.54) is 322 Å². The minimum atomic E-state index is -0.380. The van der Waals surface area contributed by atoms with E-state index in [0.717, 1.165) is 95.9 Å². The number of rotatable bonds is 40. The first-order valence-electron chi connectivity index (χ1n) is 58.6. The summed E-state index contributed by atoms with van der Waals surface area (Å²) >= 11 is 0. The second-order valence-corrected chi connectivity index (χ2v) is 42.9. The zero-order valence-corrected chi connectivity index (χ0v) is 92.8. The first kappa shape index (κ1) is 119. The predicted molar refractivity (Wildman–Crippen MR) is 617 cm³/mol. The van der Waals surface area contributed by atoms with Gasteiger partial charge in [0.15, 0.2) is 57.8 Å². The van der Waals surface area contributed by atoms with Crippen LogP contribution in [0.25, 0.3) is 0 Å². The third kappa shape index (κ3) is 42.4. The molecule has 5 fully saturated rings. The van der Waals surface area contributed by atoms with Gasteiger partial charge in [0.2, 0.25) is 0 Å². The van der Waals surface area contributed by atoms with Gasteiger partial charge in [0.25, 0.3) is 0 Å². The summed E-state index contributed by atoms with van der Waals surface area (Å²) in [6, 6.07) is 67.9. The Bertz CT molecular complexity index is 5860. The van der Waals surface area contributed by atoms with E-state index in [2.05, 4.69) is 229 Å². The average Bonchev–Trinajstić information content (AvgIpc) is 0.854. The Morgan fingerprint density at radius 2 is 0.380 bits per heavy atom. The highest BCUT2D eigenvalue weighted by Crippen LogP contribution is 2.44. The molecule has 5 aliphatic rings. The molecule has 5 aliphatic carbocycles. The number of hydrogen-bond acceptors (Lipinski definition) is 5. The van der Waals surface area contributed by atoms with Crippen molar-refractivity contribution in [2.45, 2.75) is 387 Å². The smallest absolute Gasteiger partial charge is 0.166 e. The molecule has 0 radical (unpaired) electrons. The van der Waals surface area contributed by atoms with E-state index < -0.39 is 0 Å². The van der Waals surface area contributed by atoms with Gasteiger partial charge in [-0.3, -0.25) is 0 Å². The molecule has 0 amide bonds. The van der Waals surface area contributed by atoms with E-state index in [4.69, 9.17) is 23.7 Å². The van der Waals surface area contributed by atoms with Crippen molar-refractivity contribution in [3.8, 4) is 88.0 Å². The summed E-state index contributed by atoms with van der Waals surface area (Å²) in [7, 11) is 1.46. The first-order valence-corrected chi connectivity index (χ1v) is 58.6. The molecule has 0 saturated heterocycles. The summed E-state index contributed by atoms with van der Waals surface area (Å²) in [4.78, 5) is 0.